The van der Waals surface area contributed by atoms with E-state index >= 15 is 0 Å². The fourth-order valence-corrected chi connectivity index (χ4v) is 3.33. The lowest BCUT2D eigenvalue weighted by atomic mass is 10.2. The standard InChI is InChI=1S/C19H24N2O4S/c1-4-25-18-10-6-8-16(12-18)13-20-19(22)14-21(26(3,23)24)17-9-5-7-15(2)11-17/h5-12H,4,13-14H2,1-3H3,(H,20,22). The molecule has 1 amide bonds. The fourth-order valence-electron chi connectivity index (χ4n) is 2.48. The first-order chi connectivity index (χ1) is 12.3. The predicted octanol–water partition coefficient (Wildman–Crippen LogP) is 2.48. The molecule has 0 spiro atoms. The van der Waals surface area contributed by atoms with Gasteiger partial charge in [-0.3, -0.25) is 9.10 Å². The van der Waals surface area contributed by atoms with Crippen LogP contribution in [0.25, 0.3) is 0 Å². The summed E-state index contributed by atoms with van der Waals surface area (Å²) < 4.78 is 30.7. The van der Waals surface area contributed by atoms with Gasteiger partial charge in [0.1, 0.15) is 12.3 Å². The van der Waals surface area contributed by atoms with E-state index < -0.39 is 10.0 Å². The molecule has 0 fully saturated rings. The van der Waals surface area contributed by atoms with Crippen molar-refractivity contribution >= 4 is 21.6 Å². The first-order valence-corrected chi connectivity index (χ1v) is 10.2. The van der Waals surface area contributed by atoms with Crippen LogP contribution in [0.15, 0.2) is 48.5 Å². The molecule has 0 radical (unpaired) electrons. The molecule has 0 saturated heterocycles. The van der Waals surface area contributed by atoms with Crippen LogP contribution in [0.2, 0.25) is 0 Å². The maximum Gasteiger partial charge on any atom is 0.241 e. The number of aryl methyl sites for hydroxylation is 1. The molecule has 2 aromatic carbocycles. The molecule has 6 nitrogen and oxygen atoms in total. The molecule has 26 heavy (non-hydrogen) atoms. The minimum Gasteiger partial charge on any atom is -0.494 e. The highest BCUT2D eigenvalue weighted by Crippen LogP contribution is 2.18. The third kappa shape index (κ3) is 5.77. The lowest BCUT2D eigenvalue weighted by molar-refractivity contribution is -0.119. The molecule has 0 unspecified atom stereocenters. The van der Waals surface area contributed by atoms with E-state index in [4.69, 9.17) is 4.74 Å². The van der Waals surface area contributed by atoms with E-state index in [0.717, 1.165) is 27.4 Å². The summed E-state index contributed by atoms with van der Waals surface area (Å²) >= 11 is 0. The van der Waals surface area contributed by atoms with E-state index in [9.17, 15) is 13.2 Å². The van der Waals surface area contributed by atoms with Gasteiger partial charge >= 0.3 is 0 Å². The maximum absolute atomic E-state index is 12.3. The smallest absolute Gasteiger partial charge is 0.241 e. The SMILES string of the molecule is CCOc1cccc(CNC(=O)CN(c2cccc(C)c2)S(C)(=O)=O)c1. The zero-order valence-electron chi connectivity index (χ0n) is 15.2. The Labute approximate surface area is 154 Å². The lowest BCUT2D eigenvalue weighted by Crippen LogP contribution is -2.40. The molecule has 0 aromatic heterocycles. The van der Waals surface area contributed by atoms with Crippen LogP contribution in [0.3, 0.4) is 0 Å². The van der Waals surface area contributed by atoms with Crippen molar-refractivity contribution in [3.63, 3.8) is 0 Å². The lowest BCUT2D eigenvalue weighted by Gasteiger charge is -2.22. The van der Waals surface area contributed by atoms with Gasteiger partial charge in [-0.05, 0) is 49.2 Å². The van der Waals surface area contributed by atoms with Crippen molar-refractivity contribution in [1.29, 1.82) is 0 Å². The number of ether oxygens (including phenoxy) is 1. The predicted molar refractivity (Wildman–Crippen MR) is 103 cm³/mol. The van der Waals surface area contributed by atoms with Crippen LogP contribution >= 0.6 is 0 Å². The zero-order valence-corrected chi connectivity index (χ0v) is 16.0. The Morgan fingerprint density at radius 1 is 1.15 bits per heavy atom. The Morgan fingerprint density at radius 3 is 2.54 bits per heavy atom. The number of sulfonamides is 1. The van der Waals surface area contributed by atoms with Crippen LogP contribution in [0.5, 0.6) is 5.75 Å². The van der Waals surface area contributed by atoms with Crippen molar-refractivity contribution in [2.75, 3.05) is 23.7 Å². The first kappa shape index (κ1) is 19.8. The number of nitrogens with one attached hydrogen (secondary N) is 1. The normalized spacial score (nSPS) is 11.0. The summed E-state index contributed by atoms with van der Waals surface area (Å²) in [5.41, 5.74) is 2.27. The number of rotatable bonds is 8. The van der Waals surface area contributed by atoms with Crippen LogP contribution in [0.4, 0.5) is 5.69 Å². The summed E-state index contributed by atoms with van der Waals surface area (Å²) in [6, 6.07) is 14.5. The highest BCUT2D eigenvalue weighted by molar-refractivity contribution is 7.92. The number of amides is 1. The summed E-state index contributed by atoms with van der Waals surface area (Å²) in [7, 11) is -3.57. The van der Waals surface area contributed by atoms with Crippen LogP contribution in [-0.2, 0) is 21.4 Å². The molecule has 0 bridgehead atoms. The average molecular weight is 376 g/mol. The van der Waals surface area contributed by atoms with Crippen LogP contribution < -0.4 is 14.4 Å². The van der Waals surface area contributed by atoms with Crippen molar-refractivity contribution in [3.8, 4) is 5.75 Å². The van der Waals surface area contributed by atoms with Crippen molar-refractivity contribution in [3.05, 3.63) is 59.7 Å². The van der Waals surface area contributed by atoms with Gasteiger partial charge < -0.3 is 10.1 Å². The van der Waals surface area contributed by atoms with Crippen molar-refractivity contribution in [2.45, 2.75) is 20.4 Å². The molecule has 0 aliphatic heterocycles. The number of hydrogen-bond acceptors (Lipinski definition) is 4. The number of carbonyl (C=O) groups is 1. The highest BCUT2D eigenvalue weighted by atomic mass is 32.2. The van der Waals surface area contributed by atoms with Gasteiger partial charge in [0, 0.05) is 6.54 Å². The fraction of sp³-hybridized carbons (Fsp3) is 0.316. The third-order valence-electron chi connectivity index (χ3n) is 3.68. The van der Waals surface area contributed by atoms with Crippen molar-refractivity contribution in [1.82, 2.24) is 5.32 Å². The molecular weight excluding hydrogens is 352 g/mol. The second-order valence-corrected chi connectivity index (χ2v) is 7.87. The molecule has 1 N–H and O–H groups in total. The Kier molecular flexibility index (Phi) is 6.63. The van der Waals surface area contributed by atoms with Crippen molar-refractivity contribution in [2.24, 2.45) is 0 Å². The molecule has 0 aliphatic carbocycles. The Bertz CT molecular complexity index is 865. The van der Waals surface area contributed by atoms with Gasteiger partial charge in [-0.1, -0.05) is 24.3 Å². The molecule has 140 valence electrons. The Morgan fingerprint density at radius 2 is 1.88 bits per heavy atom. The largest absolute Gasteiger partial charge is 0.494 e. The van der Waals surface area contributed by atoms with Gasteiger partial charge in [0.2, 0.25) is 15.9 Å². The van der Waals surface area contributed by atoms with E-state index in [-0.39, 0.29) is 12.5 Å². The minimum absolute atomic E-state index is 0.270. The van der Waals surface area contributed by atoms with E-state index in [1.54, 1.807) is 18.2 Å². The highest BCUT2D eigenvalue weighted by Gasteiger charge is 2.20. The molecule has 0 aliphatic rings. The number of anilines is 1. The first-order valence-electron chi connectivity index (χ1n) is 8.32. The summed E-state index contributed by atoms with van der Waals surface area (Å²) in [6.07, 6.45) is 1.09. The molecule has 0 atom stereocenters. The minimum atomic E-state index is -3.57. The van der Waals surface area contributed by atoms with E-state index in [1.165, 1.54) is 0 Å². The number of hydrogen-bond donors (Lipinski definition) is 1. The van der Waals surface area contributed by atoms with Gasteiger partial charge in [-0.15, -0.1) is 0 Å². The molecule has 0 saturated carbocycles. The van der Waals surface area contributed by atoms with Gasteiger partial charge in [-0.2, -0.15) is 0 Å². The van der Waals surface area contributed by atoms with E-state index in [1.807, 2.05) is 44.2 Å². The average Bonchev–Trinajstić information content (AvgIpc) is 2.57. The third-order valence-corrected chi connectivity index (χ3v) is 4.82. The number of benzene rings is 2. The molecule has 0 heterocycles. The summed E-state index contributed by atoms with van der Waals surface area (Å²) in [6.45, 7) is 4.36. The van der Waals surface area contributed by atoms with Gasteiger partial charge in [0.15, 0.2) is 0 Å². The Hall–Kier alpha value is -2.54. The quantitative estimate of drug-likeness (QED) is 0.768. The molecular formula is C19H24N2O4S. The topological polar surface area (TPSA) is 75.7 Å². The van der Waals surface area contributed by atoms with Gasteiger partial charge in [0.25, 0.3) is 0 Å². The second-order valence-electron chi connectivity index (χ2n) is 5.97. The molecule has 7 heteroatoms. The van der Waals surface area contributed by atoms with Gasteiger partial charge in [-0.25, -0.2) is 8.42 Å². The van der Waals surface area contributed by atoms with Crippen LogP contribution in [0.1, 0.15) is 18.1 Å². The number of nitrogens with zero attached hydrogens (tertiary/aromatic N) is 1. The maximum atomic E-state index is 12.3. The summed E-state index contributed by atoms with van der Waals surface area (Å²) in [4.78, 5) is 12.3. The zero-order chi connectivity index (χ0) is 19.2. The van der Waals surface area contributed by atoms with E-state index in [0.29, 0.717) is 18.8 Å². The number of carbonyl (C=O) groups excluding carboxylic acids is 1. The van der Waals surface area contributed by atoms with Gasteiger partial charge in [0.05, 0.1) is 18.6 Å². The summed E-state index contributed by atoms with van der Waals surface area (Å²) in [5.74, 6) is 0.357. The molecule has 2 rings (SSSR count). The van der Waals surface area contributed by atoms with Crippen molar-refractivity contribution < 1.29 is 17.9 Å². The monoisotopic (exact) mass is 376 g/mol. The molecule has 2 aromatic rings. The summed E-state index contributed by atoms with van der Waals surface area (Å²) in [5, 5.41) is 2.75. The second kappa shape index (κ2) is 8.71. The van der Waals surface area contributed by atoms with Crippen LogP contribution in [-0.4, -0.2) is 33.7 Å². The Balaban J connectivity index is 2.05. The van der Waals surface area contributed by atoms with Crippen LogP contribution in [0, 0.1) is 6.92 Å². The van der Waals surface area contributed by atoms with E-state index in [2.05, 4.69) is 5.32 Å².